The van der Waals surface area contributed by atoms with Gasteiger partial charge in [-0.1, -0.05) is 54.5 Å². The molecule has 29 heavy (non-hydrogen) atoms. The first-order valence-electron chi connectivity index (χ1n) is 10.2. The van der Waals surface area contributed by atoms with Crippen molar-refractivity contribution < 1.29 is 4.79 Å². The molecule has 0 atom stereocenters. The van der Waals surface area contributed by atoms with Crippen LogP contribution in [-0.4, -0.2) is 30.7 Å². The van der Waals surface area contributed by atoms with Gasteiger partial charge in [-0.25, -0.2) is 0 Å². The van der Waals surface area contributed by atoms with Gasteiger partial charge in [-0.05, 0) is 44.9 Å². The van der Waals surface area contributed by atoms with E-state index in [2.05, 4.69) is 51.2 Å². The number of aromatic nitrogens is 4. The smallest absolute Gasteiger partial charge is 0.217 e. The van der Waals surface area contributed by atoms with Crippen LogP contribution >= 0.6 is 23.1 Å². The van der Waals surface area contributed by atoms with Gasteiger partial charge in [0.25, 0.3) is 0 Å². The van der Waals surface area contributed by atoms with E-state index in [1.54, 1.807) is 11.3 Å². The molecule has 0 bridgehead atoms. The van der Waals surface area contributed by atoms with Gasteiger partial charge in [-0.15, -0.1) is 10.2 Å². The highest BCUT2D eigenvalue weighted by molar-refractivity contribution is 7.99. The fraction of sp³-hybridized carbons (Fsp3) is 0.409. The van der Waals surface area contributed by atoms with E-state index in [-0.39, 0.29) is 5.78 Å². The summed E-state index contributed by atoms with van der Waals surface area (Å²) in [6.45, 7) is 4.23. The third-order valence-corrected chi connectivity index (χ3v) is 7.91. The summed E-state index contributed by atoms with van der Waals surface area (Å²) in [5.74, 6) is 0.543. The van der Waals surface area contributed by atoms with Crippen LogP contribution in [0.4, 0.5) is 0 Å². The molecule has 1 aliphatic rings. The number of fused-ring (bicyclic) bond motifs is 3. The van der Waals surface area contributed by atoms with Crippen molar-refractivity contribution in [3.05, 3.63) is 47.3 Å². The zero-order valence-electron chi connectivity index (χ0n) is 16.7. The minimum Gasteiger partial charge on any atom is -0.345 e. The van der Waals surface area contributed by atoms with E-state index >= 15 is 0 Å². The van der Waals surface area contributed by atoms with Crippen LogP contribution in [0.25, 0.3) is 15.2 Å². The van der Waals surface area contributed by atoms with Crippen LogP contribution in [-0.2, 0) is 0 Å². The summed E-state index contributed by atoms with van der Waals surface area (Å²) in [7, 11) is 0. The first kappa shape index (κ1) is 18.9. The molecule has 0 unspecified atom stereocenters. The van der Waals surface area contributed by atoms with E-state index in [1.165, 1.54) is 54.3 Å². The van der Waals surface area contributed by atoms with Crippen molar-refractivity contribution in [2.75, 3.05) is 5.75 Å². The van der Waals surface area contributed by atoms with Gasteiger partial charge in [0.2, 0.25) is 4.96 Å². The molecule has 3 heterocycles. The highest BCUT2D eigenvalue weighted by atomic mass is 32.2. The monoisotopic (exact) mass is 424 g/mol. The molecule has 1 aliphatic carbocycles. The Labute approximate surface area is 178 Å². The molecule has 7 heteroatoms. The van der Waals surface area contributed by atoms with Crippen molar-refractivity contribution in [1.29, 1.82) is 0 Å². The largest absolute Gasteiger partial charge is 0.345 e. The molecule has 0 radical (unpaired) electrons. The second-order valence-corrected chi connectivity index (χ2v) is 9.78. The van der Waals surface area contributed by atoms with Crippen LogP contribution in [0.15, 0.2) is 35.5 Å². The van der Waals surface area contributed by atoms with Crippen molar-refractivity contribution in [2.24, 2.45) is 0 Å². The van der Waals surface area contributed by atoms with E-state index in [0.29, 0.717) is 11.8 Å². The minimum atomic E-state index is 0.168. The Morgan fingerprint density at radius 3 is 2.79 bits per heavy atom. The summed E-state index contributed by atoms with van der Waals surface area (Å²) in [5.41, 5.74) is 4.28. The Kier molecular flexibility index (Phi) is 4.95. The van der Waals surface area contributed by atoms with Crippen molar-refractivity contribution in [3.8, 4) is 0 Å². The molecule has 0 saturated heterocycles. The highest BCUT2D eigenvalue weighted by Crippen LogP contribution is 2.33. The van der Waals surface area contributed by atoms with Crippen molar-refractivity contribution in [2.45, 2.75) is 57.1 Å². The first-order chi connectivity index (χ1) is 14.1. The number of carbonyl (C=O) groups is 1. The molecular weight excluding hydrogens is 400 g/mol. The van der Waals surface area contributed by atoms with Crippen LogP contribution in [0, 0.1) is 13.8 Å². The van der Waals surface area contributed by atoms with Crippen LogP contribution < -0.4 is 0 Å². The average Bonchev–Trinajstić information content (AvgIpc) is 3.38. The second-order valence-electron chi connectivity index (χ2n) is 7.83. The van der Waals surface area contributed by atoms with Gasteiger partial charge in [0.15, 0.2) is 10.9 Å². The number of carbonyl (C=O) groups excluding carboxylic acids is 1. The van der Waals surface area contributed by atoms with Gasteiger partial charge < -0.3 is 4.57 Å². The first-order valence-corrected chi connectivity index (χ1v) is 12.0. The molecule has 1 fully saturated rings. The minimum absolute atomic E-state index is 0.168. The van der Waals surface area contributed by atoms with E-state index in [4.69, 9.17) is 0 Å². The fourth-order valence-corrected chi connectivity index (χ4v) is 6.47. The predicted molar refractivity (Wildman–Crippen MR) is 119 cm³/mol. The maximum Gasteiger partial charge on any atom is 0.217 e. The number of para-hydroxylation sites is 1. The summed E-state index contributed by atoms with van der Waals surface area (Å²) in [6, 6.07) is 10.8. The van der Waals surface area contributed by atoms with Crippen LogP contribution in [0.2, 0.25) is 0 Å². The zero-order chi connectivity index (χ0) is 20.0. The Balaban J connectivity index is 1.38. The summed E-state index contributed by atoms with van der Waals surface area (Å²) in [4.78, 5) is 13.9. The second kappa shape index (κ2) is 7.61. The third kappa shape index (κ3) is 3.30. The van der Waals surface area contributed by atoms with Gasteiger partial charge >= 0.3 is 0 Å². The Hall–Kier alpha value is -2.12. The number of hydrogen-bond acceptors (Lipinski definition) is 5. The lowest BCUT2D eigenvalue weighted by molar-refractivity contribution is 0.102. The summed E-state index contributed by atoms with van der Waals surface area (Å²) >= 11 is 3.10. The zero-order valence-corrected chi connectivity index (χ0v) is 18.4. The average molecular weight is 425 g/mol. The molecule has 0 amide bonds. The van der Waals surface area contributed by atoms with Gasteiger partial charge in [0, 0.05) is 23.0 Å². The SMILES string of the molecule is Cc1cc(C(=O)CSc2nnc3sc4ccccc4n23)c(C)n1C1CCCCC1. The Morgan fingerprint density at radius 1 is 1.17 bits per heavy atom. The van der Waals surface area contributed by atoms with Crippen LogP contribution in [0.5, 0.6) is 0 Å². The van der Waals surface area contributed by atoms with E-state index in [1.807, 2.05) is 12.1 Å². The van der Waals surface area contributed by atoms with Gasteiger partial charge in [0.05, 0.1) is 16.0 Å². The molecule has 5 nitrogen and oxygen atoms in total. The lowest BCUT2D eigenvalue weighted by Gasteiger charge is -2.26. The normalized spacial score (nSPS) is 15.5. The molecule has 4 aromatic rings. The van der Waals surface area contributed by atoms with Gasteiger partial charge in [0.1, 0.15) is 0 Å². The lowest BCUT2D eigenvalue weighted by atomic mass is 9.95. The number of hydrogen-bond donors (Lipinski definition) is 0. The molecule has 0 N–H and O–H groups in total. The lowest BCUT2D eigenvalue weighted by Crippen LogP contribution is -2.16. The Morgan fingerprint density at radius 2 is 1.97 bits per heavy atom. The van der Waals surface area contributed by atoms with Crippen LogP contribution in [0.1, 0.15) is 59.9 Å². The van der Waals surface area contributed by atoms with E-state index < -0.39 is 0 Å². The summed E-state index contributed by atoms with van der Waals surface area (Å²) in [6.07, 6.45) is 6.36. The van der Waals surface area contributed by atoms with E-state index in [0.717, 1.165) is 26.9 Å². The molecular formula is C22H24N4OS2. The number of aryl methyl sites for hydroxylation is 1. The quantitative estimate of drug-likeness (QED) is 0.298. The van der Waals surface area contributed by atoms with Crippen molar-refractivity contribution >= 4 is 44.1 Å². The van der Waals surface area contributed by atoms with E-state index in [9.17, 15) is 4.79 Å². The molecule has 1 aromatic carbocycles. The number of Topliss-reactive ketones (excluding diaryl/α,β-unsaturated/α-hetero) is 1. The maximum atomic E-state index is 13.1. The maximum absolute atomic E-state index is 13.1. The number of ketones is 1. The van der Waals surface area contributed by atoms with Gasteiger partial charge in [-0.2, -0.15) is 0 Å². The highest BCUT2D eigenvalue weighted by Gasteiger charge is 2.23. The van der Waals surface area contributed by atoms with Gasteiger partial charge in [-0.3, -0.25) is 9.20 Å². The topological polar surface area (TPSA) is 52.2 Å². The van der Waals surface area contributed by atoms with Crippen molar-refractivity contribution in [3.63, 3.8) is 0 Å². The number of nitrogens with zero attached hydrogens (tertiary/aromatic N) is 4. The number of thioether (sulfide) groups is 1. The summed E-state index contributed by atoms with van der Waals surface area (Å²) in [5, 5.41) is 9.40. The standard InChI is InChI=1S/C22H24N4OS2/c1-14-12-17(15(2)25(14)16-8-4-3-5-9-16)19(27)13-28-21-23-24-22-26(21)18-10-6-7-11-20(18)29-22/h6-7,10-12,16H,3-5,8-9,13H2,1-2H3. The molecule has 5 rings (SSSR count). The molecule has 0 spiro atoms. The molecule has 1 saturated carbocycles. The third-order valence-electron chi connectivity index (χ3n) is 5.97. The molecule has 150 valence electrons. The number of benzene rings is 1. The fourth-order valence-electron chi connectivity index (χ4n) is 4.62. The number of rotatable bonds is 5. The molecule has 3 aromatic heterocycles. The Bertz CT molecular complexity index is 1200. The molecule has 0 aliphatic heterocycles. The van der Waals surface area contributed by atoms with Crippen molar-refractivity contribution in [1.82, 2.24) is 19.2 Å². The number of thiazole rings is 1. The summed E-state index contributed by atoms with van der Waals surface area (Å²) < 4.78 is 5.64. The predicted octanol–water partition coefficient (Wildman–Crippen LogP) is 5.84. The van der Waals surface area contributed by atoms with Crippen LogP contribution in [0.3, 0.4) is 0 Å².